The molecule has 0 saturated heterocycles. The van der Waals surface area contributed by atoms with E-state index in [1.807, 2.05) is 0 Å². The number of ether oxygens (including phenoxy) is 3. The van der Waals surface area contributed by atoms with Crippen molar-refractivity contribution in [1.82, 2.24) is 9.80 Å². The fourth-order valence-electron chi connectivity index (χ4n) is 5.42. The molecular formula is C34H62N2O3. The van der Waals surface area contributed by atoms with Gasteiger partial charge in [-0.1, -0.05) is 97.0 Å². The second-order valence-electron chi connectivity index (χ2n) is 11.7. The molecule has 5 nitrogen and oxygen atoms in total. The van der Waals surface area contributed by atoms with Gasteiger partial charge in [0.2, 0.25) is 0 Å². The monoisotopic (exact) mass is 546 g/mol. The van der Waals surface area contributed by atoms with E-state index in [4.69, 9.17) is 14.2 Å². The van der Waals surface area contributed by atoms with Crippen LogP contribution in [0, 0.1) is 0 Å². The topological polar surface area (TPSA) is 34.2 Å². The first kappa shape index (κ1) is 33.9. The van der Waals surface area contributed by atoms with Crippen LogP contribution >= 0.6 is 0 Å². The number of rotatable bonds is 18. The highest BCUT2D eigenvalue weighted by Gasteiger charge is 2.20. The van der Waals surface area contributed by atoms with Gasteiger partial charge in [-0.25, -0.2) is 0 Å². The molecule has 0 N–H and O–H groups in total. The van der Waals surface area contributed by atoms with Crippen LogP contribution in [0.3, 0.4) is 0 Å². The molecule has 2 atom stereocenters. The molecular weight excluding hydrogens is 484 g/mol. The van der Waals surface area contributed by atoms with Crippen LogP contribution in [-0.2, 0) is 4.74 Å². The first-order chi connectivity index (χ1) is 19.1. The van der Waals surface area contributed by atoms with Crippen molar-refractivity contribution >= 4 is 0 Å². The minimum absolute atomic E-state index is 0.0580. The summed E-state index contributed by atoms with van der Waals surface area (Å²) in [5.41, 5.74) is 0. The normalized spacial score (nSPS) is 19.0. The summed E-state index contributed by atoms with van der Waals surface area (Å²) in [5, 5.41) is 0. The van der Waals surface area contributed by atoms with Gasteiger partial charge >= 0.3 is 0 Å². The summed E-state index contributed by atoms with van der Waals surface area (Å²) in [6, 6.07) is 8.30. The lowest BCUT2D eigenvalue weighted by molar-refractivity contribution is 0.0128. The lowest BCUT2D eigenvalue weighted by atomic mass is 10.1. The van der Waals surface area contributed by atoms with Gasteiger partial charge in [-0.15, -0.1) is 0 Å². The zero-order chi connectivity index (χ0) is 28.0. The van der Waals surface area contributed by atoms with Gasteiger partial charge in [-0.3, -0.25) is 9.80 Å². The van der Waals surface area contributed by atoms with Gasteiger partial charge in [0.15, 0.2) is 12.5 Å². The van der Waals surface area contributed by atoms with E-state index in [-0.39, 0.29) is 12.5 Å². The average Bonchev–Trinajstić information content (AvgIpc) is 2.94. The van der Waals surface area contributed by atoms with E-state index in [1.165, 1.54) is 89.9 Å². The molecule has 0 fully saturated rings. The smallest absolute Gasteiger partial charge is 0.152 e. The number of benzene rings is 1. The fraction of sp³-hybridized carbons (Fsp3) is 0.824. The summed E-state index contributed by atoms with van der Waals surface area (Å²) in [6.07, 6.45) is 22.7. The predicted octanol–water partition coefficient (Wildman–Crippen LogP) is 9.05. The standard InChI is InChI=1S/C34H62N2O3/c1-5-7-9-11-13-15-17-26-35(3)33-24-20-28-37-29-21-25-34(39-32-23-19-22-31(30-32)38-33)36(4)27-18-16-14-12-10-8-6-2/h19,22-23,30,33-34H,5-18,20-21,24-29H2,1-4H3. The third-order valence-electron chi connectivity index (χ3n) is 8.04. The third-order valence-corrected chi connectivity index (χ3v) is 8.04. The maximum absolute atomic E-state index is 6.56. The Hall–Kier alpha value is -1.30. The Bertz CT molecular complexity index is 648. The van der Waals surface area contributed by atoms with Crippen molar-refractivity contribution in [3.8, 4) is 11.5 Å². The maximum Gasteiger partial charge on any atom is 0.152 e. The Balaban J connectivity index is 1.90. The minimum atomic E-state index is 0.0580. The fourth-order valence-corrected chi connectivity index (χ4v) is 5.42. The Morgan fingerprint density at radius 2 is 1.03 bits per heavy atom. The molecule has 1 aromatic carbocycles. The molecule has 226 valence electrons. The van der Waals surface area contributed by atoms with Gasteiger partial charge < -0.3 is 14.2 Å². The number of hydrogen-bond donors (Lipinski definition) is 0. The molecule has 1 aromatic rings. The van der Waals surface area contributed by atoms with Gasteiger partial charge in [0, 0.05) is 45.2 Å². The Morgan fingerprint density at radius 3 is 1.46 bits per heavy atom. The molecule has 2 bridgehead atoms. The van der Waals surface area contributed by atoms with Crippen LogP contribution in [0.5, 0.6) is 11.5 Å². The van der Waals surface area contributed by atoms with Gasteiger partial charge in [-0.2, -0.15) is 0 Å². The molecule has 5 heteroatoms. The highest BCUT2D eigenvalue weighted by molar-refractivity contribution is 5.33. The highest BCUT2D eigenvalue weighted by atomic mass is 16.5. The molecule has 0 aromatic heterocycles. The van der Waals surface area contributed by atoms with Crippen molar-refractivity contribution in [3.63, 3.8) is 0 Å². The van der Waals surface area contributed by atoms with Gasteiger partial charge in [0.25, 0.3) is 0 Å². The largest absolute Gasteiger partial charge is 0.475 e. The van der Waals surface area contributed by atoms with Crippen molar-refractivity contribution in [2.24, 2.45) is 0 Å². The summed E-state index contributed by atoms with van der Waals surface area (Å²) >= 11 is 0. The highest BCUT2D eigenvalue weighted by Crippen LogP contribution is 2.25. The molecule has 1 aliphatic heterocycles. The predicted molar refractivity (Wildman–Crippen MR) is 166 cm³/mol. The Kier molecular flexibility index (Phi) is 19.5. The van der Waals surface area contributed by atoms with Crippen molar-refractivity contribution in [3.05, 3.63) is 24.3 Å². The second kappa shape index (κ2) is 22.4. The first-order valence-corrected chi connectivity index (χ1v) is 16.6. The van der Waals surface area contributed by atoms with Crippen LogP contribution < -0.4 is 9.47 Å². The molecule has 1 heterocycles. The number of fused-ring (bicyclic) bond motifs is 2. The quantitative estimate of drug-likeness (QED) is 0.172. The zero-order valence-electron chi connectivity index (χ0n) is 26.1. The molecule has 0 spiro atoms. The van der Waals surface area contributed by atoms with Crippen LogP contribution in [0.15, 0.2) is 24.3 Å². The first-order valence-electron chi connectivity index (χ1n) is 16.6. The molecule has 2 unspecified atom stereocenters. The third kappa shape index (κ3) is 15.9. The van der Waals surface area contributed by atoms with E-state index >= 15 is 0 Å². The molecule has 39 heavy (non-hydrogen) atoms. The molecule has 2 rings (SSSR count). The molecule has 0 radical (unpaired) electrons. The van der Waals surface area contributed by atoms with Gasteiger partial charge in [-0.05, 0) is 51.9 Å². The van der Waals surface area contributed by atoms with Crippen LogP contribution in [0.4, 0.5) is 0 Å². The summed E-state index contributed by atoms with van der Waals surface area (Å²) in [7, 11) is 4.42. The second-order valence-corrected chi connectivity index (χ2v) is 11.7. The Labute approximate surface area is 242 Å². The molecule has 0 saturated carbocycles. The summed E-state index contributed by atoms with van der Waals surface area (Å²) in [6.45, 7) is 8.29. The maximum atomic E-state index is 6.56. The van der Waals surface area contributed by atoms with E-state index in [9.17, 15) is 0 Å². The van der Waals surface area contributed by atoms with Crippen LogP contribution in [0.2, 0.25) is 0 Å². The number of nitrogens with zero attached hydrogens (tertiary/aromatic N) is 2. The average molecular weight is 547 g/mol. The van der Waals surface area contributed by atoms with Crippen LogP contribution in [-0.4, -0.2) is 62.7 Å². The van der Waals surface area contributed by atoms with Crippen LogP contribution in [0.25, 0.3) is 0 Å². The van der Waals surface area contributed by atoms with Gasteiger partial charge in [0.1, 0.15) is 11.5 Å². The number of hydrogen-bond acceptors (Lipinski definition) is 5. The van der Waals surface area contributed by atoms with Crippen LogP contribution in [0.1, 0.15) is 129 Å². The zero-order valence-corrected chi connectivity index (χ0v) is 26.1. The van der Waals surface area contributed by atoms with E-state index < -0.39 is 0 Å². The summed E-state index contributed by atoms with van der Waals surface area (Å²) < 4.78 is 19.2. The molecule has 0 aliphatic carbocycles. The van der Waals surface area contributed by atoms with E-state index in [0.717, 1.165) is 63.5 Å². The van der Waals surface area contributed by atoms with Crippen molar-refractivity contribution in [2.75, 3.05) is 40.4 Å². The Morgan fingerprint density at radius 1 is 0.615 bits per heavy atom. The van der Waals surface area contributed by atoms with Crippen molar-refractivity contribution in [2.45, 2.75) is 142 Å². The van der Waals surface area contributed by atoms with Crippen molar-refractivity contribution < 1.29 is 14.2 Å². The van der Waals surface area contributed by atoms with Gasteiger partial charge in [0.05, 0.1) is 0 Å². The minimum Gasteiger partial charge on any atom is -0.475 e. The lowest BCUT2D eigenvalue weighted by Gasteiger charge is -2.31. The van der Waals surface area contributed by atoms with E-state index in [1.54, 1.807) is 0 Å². The molecule has 1 aliphatic rings. The summed E-state index contributed by atoms with van der Waals surface area (Å²) in [4.78, 5) is 4.79. The summed E-state index contributed by atoms with van der Waals surface area (Å²) in [5.74, 6) is 1.80. The van der Waals surface area contributed by atoms with E-state index in [0.29, 0.717) is 0 Å². The SMILES string of the molecule is CCCCCCCCCN(C)C1CCCOCCCC(N(C)CCCCCCCCC)Oc2cccc(c2)O1. The van der Waals surface area contributed by atoms with E-state index in [2.05, 4.69) is 62.0 Å². The molecule has 0 amide bonds. The van der Waals surface area contributed by atoms with Crippen molar-refractivity contribution in [1.29, 1.82) is 0 Å². The number of unbranched alkanes of at least 4 members (excludes halogenated alkanes) is 12. The lowest BCUT2D eigenvalue weighted by Crippen LogP contribution is -2.38.